The molecule has 0 aliphatic heterocycles. The zero-order valence-electron chi connectivity index (χ0n) is 14.6. The fourth-order valence-electron chi connectivity index (χ4n) is 1.61. The zero-order valence-corrected chi connectivity index (χ0v) is 14.6. The van der Waals surface area contributed by atoms with E-state index in [4.69, 9.17) is 19.3 Å². The van der Waals surface area contributed by atoms with E-state index in [0.29, 0.717) is 33.0 Å². The quantitative estimate of drug-likeness (QED) is 0.527. The van der Waals surface area contributed by atoms with Crippen molar-refractivity contribution >= 4 is 6.09 Å². The van der Waals surface area contributed by atoms with Gasteiger partial charge in [0, 0.05) is 13.1 Å². The number of rotatable bonds is 12. The van der Waals surface area contributed by atoms with E-state index in [-0.39, 0.29) is 18.1 Å². The second-order valence-electron chi connectivity index (χ2n) is 6.44. The molecule has 0 bridgehead atoms. The molecule has 132 valence electrons. The van der Waals surface area contributed by atoms with Crippen molar-refractivity contribution < 1.29 is 24.1 Å². The molecule has 0 aliphatic carbocycles. The summed E-state index contributed by atoms with van der Waals surface area (Å²) >= 11 is 0. The lowest BCUT2D eigenvalue weighted by molar-refractivity contribution is -0.0476. The molecule has 0 saturated heterocycles. The number of likely N-dealkylation sites (N-methyl/N-ethyl adjacent to an activating group) is 1. The van der Waals surface area contributed by atoms with Gasteiger partial charge in [0.05, 0.1) is 39.1 Å². The minimum Gasteiger partial charge on any atom is -0.465 e. The van der Waals surface area contributed by atoms with Gasteiger partial charge in [0.2, 0.25) is 0 Å². The number of nitrogens with zero attached hydrogens (tertiary/aromatic N) is 1. The number of carboxylic acid groups (broad SMARTS) is 1. The number of carbonyl (C=O) groups is 1. The van der Waals surface area contributed by atoms with Crippen molar-refractivity contribution in [3.63, 3.8) is 0 Å². The smallest absolute Gasteiger partial charge is 0.404 e. The summed E-state index contributed by atoms with van der Waals surface area (Å²) in [6.45, 7) is 9.90. The molecule has 0 rings (SSSR count). The Labute approximate surface area is 133 Å². The van der Waals surface area contributed by atoms with Crippen molar-refractivity contribution in [1.82, 2.24) is 10.2 Å². The standard InChI is InChI=1S/C15H32N2O5/c1-15(2,3)13(12-16-14(18)19)22-11-10-21-9-8-20-7-6-17(4)5/h13,16H,6-12H2,1-5H3,(H,18,19). The largest absolute Gasteiger partial charge is 0.465 e. The highest BCUT2D eigenvalue weighted by molar-refractivity contribution is 5.64. The minimum atomic E-state index is -1.04. The summed E-state index contributed by atoms with van der Waals surface area (Å²) in [5.74, 6) is 0. The summed E-state index contributed by atoms with van der Waals surface area (Å²) in [5, 5.41) is 11.0. The SMILES string of the molecule is CN(C)CCOCCOCCOC(CNC(=O)O)C(C)(C)C. The molecule has 1 atom stereocenters. The van der Waals surface area contributed by atoms with Crippen LogP contribution >= 0.6 is 0 Å². The minimum absolute atomic E-state index is 0.141. The molecule has 0 aromatic rings. The van der Waals surface area contributed by atoms with Crippen molar-refractivity contribution in [2.75, 3.05) is 60.2 Å². The fraction of sp³-hybridized carbons (Fsp3) is 0.933. The molecule has 0 radical (unpaired) electrons. The van der Waals surface area contributed by atoms with Gasteiger partial charge in [-0.15, -0.1) is 0 Å². The van der Waals surface area contributed by atoms with Crippen LogP contribution in [0, 0.1) is 5.41 Å². The maximum absolute atomic E-state index is 10.6. The summed E-state index contributed by atoms with van der Waals surface area (Å²) in [5.41, 5.74) is -0.141. The zero-order chi connectivity index (χ0) is 17.0. The third-order valence-electron chi connectivity index (χ3n) is 3.01. The van der Waals surface area contributed by atoms with E-state index in [2.05, 4.69) is 10.2 Å². The van der Waals surface area contributed by atoms with Gasteiger partial charge in [-0.2, -0.15) is 0 Å². The van der Waals surface area contributed by atoms with Crippen LogP contribution in [0.4, 0.5) is 4.79 Å². The van der Waals surface area contributed by atoms with Crippen LogP contribution in [0.15, 0.2) is 0 Å². The number of hydrogen-bond donors (Lipinski definition) is 2. The lowest BCUT2D eigenvalue weighted by atomic mass is 9.89. The van der Waals surface area contributed by atoms with Crippen LogP contribution in [-0.4, -0.2) is 82.4 Å². The summed E-state index contributed by atoms with van der Waals surface area (Å²) in [4.78, 5) is 12.6. The molecule has 0 aromatic carbocycles. The van der Waals surface area contributed by atoms with Gasteiger partial charge >= 0.3 is 6.09 Å². The molecule has 1 unspecified atom stereocenters. The van der Waals surface area contributed by atoms with Gasteiger partial charge in [0.25, 0.3) is 0 Å². The van der Waals surface area contributed by atoms with Crippen molar-refractivity contribution in [3.8, 4) is 0 Å². The lowest BCUT2D eigenvalue weighted by Gasteiger charge is -2.30. The molecule has 1 amide bonds. The van der Waals surface area contributed by atoms with E-state index in [1.165, 1.54) is 0 Å². The molecule has 0 aromatic heterocycles. The Morgan fingerprint density at radius 2 is 1.64 bits per heavy atom. The van der Waals surface area contributed by atoms with Gasteiger partial charge in [-0.05, 0) is 19.5 Å². The first kappa shape index (κ1) is 21.1. The van der Waals surface area contributed by atoms with Gasteiger partial charge in [0.1, 0.15) is 0 Å². The number of ether oxygens (including phenoxy) is 3. The molecule has 0 saturated carbocycles. The molecule has 7 nitrogen and oxygen atoms in total. The van der Waals surface area contributed by atoms with Gasteiger partial charge in [-0.1, -0.05) is 20.8 Å². The molecule has 2 N–H and O–H groups in total. The van der Waals surface area contributed by atoms with Crippen LogP contribution in [0.25, 0.3) is 0 Å². The summed E-state index contributed by atoms with van der Waals surface area (Å²) < 4.78 is 16.6. The molecule has 0 fully saturated rings. The van der Waals surface area contributed by atoms with Gasteiger partial charge in [-0.3, -0.25) is 0 Å². The Kier molecular flexibility index (Phi) is 11.2. The molecule has 0 aliphatic rings. The molecule has 0 heterocycles. The van der Waals surface area contributed by atoms with Gasteiger partial charge in [0.15, 0.2) is 0 Å². The fourth-order valence-corrected chi connectivity index (χ4v) is 1.61. The molecule has 0 spiro atoms. The number of hydrogen-bond acceptors (Lipinski definition) is 5. The predicted molar refractivity (Wildman–Crippen MR) is 85.4 cm³/mol. The van der Waals surface area contributed by atoms with Crippen molar-refractivity contribution in [1.29, 1.82) is 0 Å². The van der Waals surface area contributed by atoms with Crippen molar-refractivity contribution in [2.45, 2.75) is 26.9 Å². The highest BCUT2D eigenvalue weighted by Crippen LogP contribution is 2.21. The van der Waals surface area contributed by atoms with Crippen LogP contribution in [0.2, 0.25) is 0 Å². The first-order valence-electron chi connectivity index (χ1n) is 7.62. The average Bonchev–Trinajstić information content (AvgIpc) is 2.37. The summed E-state index contributed by atoms with van der Waals surface area (Å²) in [6.07, 6.45) is -1.23. The molecular weight excluding hydrogens is 288 g/mol. The second kappa shape index (κ2) is 11.6. The predicted octanol–water partition coefficient (Wildman–Crippen LogP) is 1.28. The van der Waals surface area contributed by atoms with Gasteiger partial charge < -0.3 is 29.5 Å². The first-order chi connectivity index (χ1) is 10.2. The maximum Gasteiger partial charge on any atom is 0.404 e. The van der Waals surface area contributed by atoms with E-state index in [1.54, 1.807) is 0 Å². The van der Waals surface area contributed by atoms with Crippen LogP contribution in [0.3, 0.4) is 0 Å². The highest BCUT2D eigenvalue weighted by Gasteiger charge is 2.25. The Morgan fingerprint density at radius 1 is 1.09 bits per heavy atom. The second-order valence-corrected chi connectivity index (χ2v) is 6.44. The normalized spacial score (nSPS) is 13.4. The molecule has 7 heteroatoms. The van der Waals surface area contributed by atoms with Crippen LogP contribution in [0.5, 0.6) is 0 Å². The number of amides is 1. The maximum atomic E-state index is 10.6. The monoisotopic (exact) mass is 320 g/mol. The average molecular weight is 320 g/mol. The van der Waals surface area contributed by atoms with E-state index in [1.807, 2.05) is 34.9 Å². The van der Waals surface area contributed by atoms with E-state index >= 15 is 0 Å². The number of nitrogens with one attached hydrogen (secondary N) is 1. The first-order valence-corrected chi connectivity index (χ1v) is 7.62. The Bertz CT molecular complexity index is 292. The van der Waals surface area contributed by atoms with Crippen LogP contribution in [-0.2, 0) is 14.2 Å². The summed E-state index contributed by atoms with van der Waals surface area (Å²) in [7, 11) is 4.00. The van der Waals surface area contributed by atoms with Crippen molar-refractivity contribution in [2.24, 2.45) is 5.41 Å². The van der Waals surface area contributed by atoms with Gasteiger partial charge in [-0.25, -0.2) is 4.79 Å². The summed E-state index contributed by atoms with van der Waals surface area (Å²) in [6, 6.07) is 0. The molecule has 22 heavy (non-hydrogen) atoms. The third-order valence-corrected chi connectivity index (χ3v) is 3.01. The van der Waals surface area contributed by atoms with Crippen LogP contribution in [0.1, 0.15) is 20.8 Å². The Hall–Kier alpha value is -0.890. The Balaban J connectivity index is 3.66. The third kappa shape index (κ3) is 12.8. The highest BCUT2D eigenvalue weighted by atomic mass is 16.5. The topological polar surface area (TPSA) is 80.3 Å². The van der Waals surface area contributed by atoms with Crippen molar-refractivity contribution in [3.05, 3.63) is 0 Å². The lowest BCUT2D eigenvalue weighted by Crippen LogP contribution is -2.41. The van der Waals surface area contributed by atoms with Crippen LogP contribution < -0.4 is 5.32 Å². The van der Waals surface area contributed by atoms with E-state index in [9.17, 15) is 4.79 Å². The van der Waals surface area contributed by atoms with E-state index < -0.39 is 6.09 Å². The van der Waals surface area contributed by atoms with E-state index in [0.717, 1.165) is 6.54 Å². The molecular formula is C15H32N2O5. The Morgan fingerprint density at radius 3 is 2.14 bits per heavy atom.